The summed E-state index contributed by atoms with van der Waals surface area (Å²) in [5.41, 5.74) is -0.993. The zero-order chi connectivity index (χ0) is 15.3. The van der Waals surface area contributed by atoms with Crippen molar-refractivity contribution in [2.75, 3.05) is 13.1 Å². The van der Waals surface area contributed by atoms with Crippen molar-refractivity contribution < 1.29 is 24.0 Å². The number of hydrogen-bond acceptors (Lipinski definition) is 4. The fourth-order valence-corrected chi connectivity index (χ4v) is 1.44. The lowest BCUT2D eigenvalue weighted by Gasteiger charge is -2.17. The van der Waals surface area contributed by atoms with Crippen LogP contribution in [0.25, 0.3) is 0 Å². The van der Waals surface area contributed by atoms with Gasteiger partial charge in [-0.2, -0.15) is 4.39 Å². The number of hydrogen-bond donors (Lipinski definition) is 1. The van der Waals surface area contributed by atoms with E-state index in [2.05, 4.69) is 5.92 Å². The molecule has 1 N–H and O–H groups in total. The first kappa shape index (κ1) is 15.1. The number of carboxylic acids is 1. The van der Waals surface area contributed by atoms with Crippen LogP contribution in [0.3, 0.4) is 0 Å². The summed E-state index contributed by atoms with van der Waals surface area (Å²) in [4.78, 5) is 32.9. The minimum Gasteiger partial charge on any atom is -0.480 e. The van der Waals surface area contributed by atoms with Crippen LogP contribution in [0.5, 0.6) is 0 Å². The summed E-state index contributed by atoms with van der Waals surface area (Å²) in [6, 6.07) is 2.54. The number of rotatable bonds is 5. The Morgan fingerprint density at radius 1 is 1.50 bits per heavy atom. The maximum absolute atomic E-state index is 13.4. The zero-order valence-corrected chi connectivity index (χ0v) is 10.1. The number of carboxylic acid groups (broad SMARTS) is 1. The van der Waals surface area contributed by atoms with Gasteiger partial charge in [-0.1, -0.05) is 5.92 Å². The summed E-state index contributed by atoms with van der Waals surface area (Å²) >= 11 is 0. The molecule has 0 heterocycles. The average Bonchev–Trinajstić information content (AvgIpc) is 2.36. The van der Waals surface area contributed by atoms with Crippen LogP contribution in [0.15, 0.2) is 18.2 Å². The Bertz CT molecular complexity index is 608. The maximum atomic E-state index is 13.4. The third kappa shape index (κ3) is 3.52. The molecule has 8 heteroatoms. The van der Waals surface area contributed by atoms with Gasteiger partial charge in [0.05, 0.1) is 11.5 Å². The van der Waals surface area contributed by atoms with Crippen molar-refractivity contribution in [3.63, 3.8) is 0 Å². The maximum Gasteiger partial charge on any atom is 0.323 e. The second kappa shape index (κ2) is 6.29. The van der Waals surface area contributed by atoms with Gasteiger partial charge >= 0.3 is 11.7 Å². The number of aliphatic carboxylic acids is 1. The lowest BCUT2D eigenvalue weighted by molar-refractivity contribution is -0.387. The van der Waals surface area contributed by atoms with E-state index < -0.39 is 34.8 Å². The normalized spacial score (nSPS) is 9.60. The van der Waals surface area contributed by atoms with Gasteiger partial charge in [0.15, 0.2) is 0 Å². The molecule has 0 atom stereocenters. The number of benzene rings is 1. The summed E-state index contributed by atoms with van der Waals surface area (Å²) in [6.07, 6.45) is 5.01. The second-order valence-corrected chi connectivity index (χ2v) is 3.68. The molecule has 0 aliphatic heterocycles. The van der Waals surface area contributed by atoms with Gasteiger partial charge in [-0.25, -0.2) is 0 Å². The number of amides is 1. The highest BCUT2D eigenvalue weighted by atomic mass is 19.1. The quantitative estimate of drug-likeness (QED) is 0.490. The van der Waals surface area contributed by atoms with E-state index in [4.69, 9.17) is 11.5 Å². The van der Waals surface area contributed by atoms with Gasteiger partial charge in [-0.3, -0.25) is 19.7 Å². The standard InChI is InChI=1S/C12H9FN2O5/c1-2-5-14(7-11(16)17)12(18)8-3-4-10(15(19)20)9(13)6-8/h1,3-4,6H,5,7H2,(H,16,17). The Hall–Kier alpha value is -2.95. The van der Waals surface area contributed by atoms with Crippen LogP contribution in [-0.4, -0.2) is 39.9 Å². The first-order valence-electron chi connectivity index (χ1n) is 5.25. The molecule has 0 aliphatic carbocycles. The van der Waals surface area contributed by atoms with Crippen molar-refractivity contribution in [3.8, 4) is 12.3 Å². The molecule has 0 saturated heterocycles. The highest BCUT2D eigenvalue weighted by Gasteiger charge is 2.21. The lowest BCUT2D eigenvalue weighted by atomic mass is 10.1. The molecule has 0 aromatic heterocycles. The van der Waals surface area contributed by atoms with Gasteiger partial charge < -0.3 is 10.0 Å². The van der Waals surface area contributed by atoms with Crippen LogP contribution in [0, 0.1) is 28.3 Å². The number of carbonyl (C=O) groups is 2. The van der Waals surface area contributed by atoms with Crippen LogP contribution in [-0.2, 0) is 4.79 Å². The van der Waals surface area contributed by atoms with E-state index >= 15 is 0 Å². The van der Waals surface area contributed by atoms with Crippen LogP contribution in [0.2, 0.25) is 0 Å². The van der Waals surface area contributed by atoms with Crippen LogP contribution >= 0.6 is 0 Å². The molecule has 0 fully saturated rings. The van der Waals surface area contributed by atoms with Crippen molar-refractivity contribution >= 4 is 17.6 Å². The molecule has 0 saturated carbocycles. The minimum atomic E-state index is -1.28. The first-order valence-corrected chi connectivity index (χ1v) is 5.25. The molecule has 0 aliphatic rings. The number of halogens is 1. The molecule has 1 rings (SSSR count). The first-order chi connectivity index (χ1) is 9.36. The molecule has 20 heavy (non-hydrogen) atoms. The summed E-state index contributed by atoms with van der Waals surface area (Å²) in [6.45, 7) is -0.925. The molecule has 7 nitrogen and oxygen atoms in total. The van der Waals surface area contributed by atoms with Gasteiger partial charge in [0.25, 0.3) is 5.91 Å². The van der Waals surface area contributed by atoms with Crippen molar-refractivity contribution in [3.05, 3.63) is 39.7 Å². The fraction of sp³-hybridized carbons (Fsp3) is 0.167. The van der Waals surface area contributed by atoms with Gasteiger partial charge in [-0.05, 0) is 12.1 Å². The van der Waals surface area contributed by atoms with Crippen LogP contribution in [0.4, 0.5) is 10.1 Å². The summed E-state index contributed by atoms with van der Waals surface area (Å²) in [5.74, 6) is -1.18. The Morgan fingerprint density at radius 3 is 2.60 bits per heavy atom. The Kier molecular flexibility index (Phi) is 4.75. The van der Waals surface area contributed by atoms with E-state index in [-0.39, 0.29) is 12.1 Å². The summed E-state index contributed by atoms with van der Waals surface area (Å²) in [5, 5.41) is 19.1. The Balaban J connectivity index is 3.06. The van der Waals surface area contributed by atoms with E-state index in [1.165, 1.54) is 0 Å². The molecule has 104 valence electrons. The number of terminal acetylenes is 1. The van der Waals surface area contributed by atoms with E-state index in [0.29, 0.717) is 6.07 Å². The minimum absolute atomic E-state index is 0.218. The topological polar surface area (TPSA) is 101 Å². The summed E-state index contributed by atoms with van der Waals surface area (Å²) < 4.78 is 13.4. The molecule has 0 unspecified atom stereocenters. The fourth-order valence-electron chi connectivity index (χ4n) is 1.44. The Morgan fingerprint density at radius 2 is 2.15 bits per heavy atom. The number of nitro benzene ring substituents is 1. The van der Waals surface area contributed by atoms with E-state index in [9.17, 15) is 24.1 Å². The summed E-state index contributed by atoms with van der Waals surface area (Å²) in [7, 11) is 0. The molecule has 1 aromatic carbocycles. The van der Waals surface area contributed by atoms with Gasteiger partial charge in [-0.15, -0.1) is 6.42 Å². The Labute approximate surface area is 112 Å². The molecule has 0 radical (unpaired) electrons. The van der Waals surface area contributed by atoms with Crippen LogP contribution in [0.1, 0.15) is 10.4 Å². The molecule has 0 bridgehead atoms. The molecular formula is C12H9FN2O5. The third-order valence-corrected chi connectivity index (χ3v) is 2.29. The highest BCUT2D eigenvalue weighted by Crippen LogP contribution is 2.18. The number of nitrogens with zero attached hydrogens (tertiary/aromatic N) is 2. The van der Waals surface area contributed by atoms with Gasteiger partial charge in [0, 0.05) is 11.6 Å². The molecule has 0 spiro atoms. The molecule has 1 aromatic rings. The molecule has 1 amide bonds. The smallest absolute Gasteiger partial charge is 0.323 e. The van der Waals surface area contributed by atoms with Crippen molar-refractivity contribution in [2.45, 2.75) is 0 Å². The van der Waals surface area contributed by atoms with Crippen LogP contribution < -0.4 is 0 Å². The SMILES string of the molecule is C#CCN(CC(=O)O)C(=O)c1ccc([N+](=O)[O-])c(F)c1. The monoisotopic (exact) mass is 280 g/mol. The zero-order valence-electron chi connectivity index (χ0n) is 10.1. The number of nitro groups is 1. The predicted molar refractivity (Wildman–Crippen MR) is 65.4 cm³/mol. The average molecular weight is 280 g/mol. The van der Waals surface area contributed by atoms with Gasteiger partial charge in [0.2, 0.25) is 5.82 Å². The lowest BCUT2D eigenvalue weighted by Crippen LogP contribution is -2.36. The van der Waals surface area contributed by atoms with E-state index in [0.717, 1.165) is 17.0 Å². The van der Waals surface area contributed by atoms with Gasteiger partial charge in [0.1, 0.15) is 6.54 Å². The predicted octanol–water partition coefficient (Wildman–Crippen LogP) is 0.894. The van der Waals surface area contributed by atoms with E-state index in [1.54, 1.807) is 0 Å². The number of carbonyl (C=O) groups excluding carboxylic acids is 1. The molecular weight excluding hydrogens is 271 g/mol. The third-order valence-electron chi connectivity index (χ3n) is 2.29. The van der Waals surface area contributed by atoms with Crippen molar-refractivity contribution in [1.29, 1.82) is 0 Å². The van der Waals surface area contributed by atoms with Crippen molar-refractivity contribution in [1.82, 2.24) is 4.90 Å². The van der Waals surface area contributed by atoms with Crippen molar-refractivity contribution in [2.24, 2.45) is 0 Å². The van der Waals surface area contributed by atoms with E-state index in [1.807, 2.05) is 0 Å². The largest absolute Gasteiger partial charge is 0.480 e. The second-order valence-electron chi connectivity index (χ2n) is 3.68. The highest BCUT2D eigenvalue weighted by molar-refractivity contribution is 5.96.